The molecule has 3 N–H and O–H groups in total. The highest BCUT2D eigenvalue weighted by Crippen LogP contribution is 2.31. The number of benzene rings is 1. The van der Waals surface area contributed by atoms with Crippen LogP contribution in [0.3, 0.4) is 0 Å². The standard InChI is InChI=1S/C18H23N3O4/c1-3-24-14-6-4-5-12-9-15(25-16(12)14)11(2)20-18(23)21-8-7-13(10-21)17(19)22/h4-6,9,11,13H,3,7-8,10H2,1-2H3,(H2,19,22)(H,20,23)/t11-,13-/m1/s1. The summed E-state index contributed by atoms with van der Waals surface area (Å²) in [4.78, 5) is 25.2. The minimum atomic E-state index is -0.357. The van der Waals surface area contributed by atoms with Crippen LogP contribution in [0.4, 0.5) is 4.79 Å². The minimum absolute atomic E-state index is 0.221. The van der Waals surface area contributed by atoms with Crippen molar-refractivity contribution in [3.8, 4) is 5.75 Å². The van der Waals surface area contributed by atoms with Crippen molar-refractivity contribution in [2.75, 3.05) is 19.7 Å². The summed E-state index contributed by atoms with van der Waals surface area (Å²) >= 11 is 0. The number of carbonyl (C=O) groups is 2. The molecule has 0 aliphatic carbocycles. The molecular weight excluding hydrogens is 322 g/mol. The number of carbonyl (C=O) groups excluding carboxylic acids is 2. The fourth-order valence-electron chi connectivity index (χ4n) is 3.06. The monoisotopic (exact) mass is 345 g/mol. The van der Waals surface area contributed by atoms with E-state index >= 15 is 0 Å². The Balaban J connectivity index is 1.70. The summed E-state index contributed by atoms with van der Waals surface area (Å²) in [7, 11) is 0. The Labute approximate surface area is 146 Å². The molecule has 3 rings (SSSR count). The van der Waals surface area contributed by atoms with Crippen LogP contribution in [0.1, 0.15) is 32.1 Å². The second kappa shape index (κ2) is 7.04. The van der Waals surface area contributed by atoms with Crippen LogP contribution >= 0.6 is 0 Å². The van der Waals surface area contributed by atoms with Crippen molar-refractivity contribution in [2.45, 2.75) is 26.3 Å². The molecule has 1 aromatic heterocycles. The Morgan fingerprint density at radius 2 is 2.28 bits per heavy atom. The molecule has 2 atom stereocenters. The number of fused-ring (bicyclic) bond motifs is 1. The summed E-state index contributed by atoms with van der Waals surface area (Å²) in [5.41, 5.74) is 5.99. The fraction of sp³-hybridized carbons (Fsp3) is 0.444. The predicted molar refractivity (Wildman–Crippen MR) is 93.2 cm³/mol. The maximum absolute atomic E-state index is 12.4. The van der Waals surface area contributed by atoms with E-state index in [1.165, 1.54) is 0 Å². The molecule has 25 heavy (non-hydrogen) atoms. The molecule has 1 aromatic carbocycles. The number of furan rings is 1. The Morgan fingerprint density at radius 1 is 1.48 bits per heavy atom. The number of hydrogen-bond donors (Lipinski definition) is 2. The molecule has 1 saturated heterocycles. The molecule has 0 saturated carbocycles. The highest BCUT2D eigenvalue weighted by atomic mass is 16.5. The molecule has 1 aliphatic heterocycles. The molecule has 1 aliphatic rings. The third-order valence-corrected chi connectivity index (χ3v) is 4.47. The minimum Gasteiger partial charge on any atom is -0.490 e. The van der Waals surface area contributed by atoms with Crippen molar-refractivity contribution in [3.05, 3.63) is 30.0 Å². The number of amides is 3. The van der Waals surface area contributed by atoms with E-state index in [0.29, 0.717) is 43.2 Å². The van der Waals surface area contributed by atoms with Crippen LogP contribution in [0, 0.1) is 5.92 Å². The molecule has 134 valence electrons. The molecule has 2 heterocycles. The summed E-state index contributed by atoms with van der Waals surface area (Å²) in [6.07, 6.45) is 0.611. The number of nitrogens with two attached hydrogens (primary N) is 1. The zero-order valence-corrected chi connectivity index (χ0v) is 14.5. The smallest absolute Gasteiger partial charge is 0.318 e. The summed E-state index contributed by atoms with van der Waals surface area (Å²) in [6, 6.07) is 7.08. The van der Waals surface area contributed by atoms with E-state index in [2.05, 4.69) is 5.32 Å². The van der Waals surface area contributed by atoms with Crippen LogP contribution in [0.25, 0.3) is 11.0 Å². The van der Waals surface area contributed by atoms with Crippen LogP contribution in [0.5, 0.6) is 5.75 Å². The van der Waals surface area contributed by atoms with Crippen LogP contribution in [0.15, 0.2) is 28.7 Å². The first-order valence-corrected chi connectivity index (χ1v) is 8.49. The van der Waals surface area contributed by atoms with Crippen molar-refractivity contribution >= 4 is 22.9 Å². The number of nitrogens with one attached hydrogen (secondary N) is 1. The van der Waals surface area contributed by atoms with Gasteiger partial charge in [-0.2, -0.15) is 0 Å². The van der Waals surface area contributed by atoms with Gasteiger partial charge in [-0.05, 0) is 32.4 Å². The van der Waals surface area contributed by atoms with E-state index in [9.17, 15) is 9.59 Å². The highest BCUT2D eigenvalue weighted by molar-refractivity contribution is 5.84. The molecule has 0 bridgehead atoms. The lowest BCUT2D eigenvalue weighted by atomic mass is 10.1. The molecule has 1 fully saturated rings. The van der Waals surface area contributed by atoms with Crippen LogP contribution < -0.4 is 15.8 Å². The number of hydrogen-bond acceptors (Lipinski definition) is 4. The largest absolute Gasteiger partial charge is 0.490 e. The number of likely N-dealkylation sites (tertiary alicyclic amines) is 1. The molecular formula is C18H23N3O4. The van der Waals surface area contributed by atoms with Gasteiger partial charge in [0.2, 0.25) is 5.91 Å². The third-order valence-electron chi connectivity index (χ3n) is 4.47. The number of ether oxygens (including phenoxy) is 1. The SMILES string of the molecule is CCOc1cccc2cc([C@@H](C)NC(=O)N3CC[C@@H](C(N)=O)C3)oc12. The summed E-state index contributed by atoms with van der Waals surface area (Å²) in [6.45, 7) is 5.22. The fourth-order valence-corrected chi connectivity index (χ4v) is 3.06. The second-order valence-electron chi connectivity index (χ2n) is 6.26. The third kappa shape index (κ3) is 3.55. The van der Waals surface area contributed by atoms with Crippen LogP contribution in [-0.2, 0) is 4.79 Å². The normalized spacial score (nSPS) is 18.3. The van der Waals surface area contributed by atoms with Crippen molar-refractivity contribution in [1.82, 2.24) is 10.2 Å². The van der Waals surface area contributed by atoms with Gasteiger partial charge in [0.15, 0.2) is 11.3 Å². The maximum Gasteiger partial charge on any atom is 0.318 e. The topological polar surface area (TPSA) is 97.8 Å². The first kappa shape index (κ1) is 17.1. The average molecular weight is 345 g/mol. The van der Waals surface area contributed by atoms with E-state index in [1.807, 2.05) is 38.1 Å². The zero-order valence-electron chi connectivity index (χ0n) is 14.5. The van der Waals surface area contributed by atoms with Gasteiger partial charge in [0.25, 0.3) is 0 Å². The molecule has 7 nitrogen and oxygen atoms in total. The number of para-hydroxylation sites is 1. The quantitative estimate of drug-likeness (QED) is 0.869. The summed E-state index contributed by atoms with van der Waals surface area (Å²) in [5.74, 6) is 0.722. The molecule has 0 unspecified atom stereocenters. The predicted octanol–water partition coefficient (Wildman–Crippen LogP) is 2.41. The van der Waals surface area contributed by atoms with E-state index in [4.69, 9.17) is 14.9 Å². The molecule has 0 radical (unpaired) electrons. The van der Waals surface area contributed by atoms with Crippen molar-refractivity contribution < 1.29 is 18.7 Å². The Hall–Kier alpha value is -2.70. The first-order valence-electron chi connectivity index (χ1n) is 8.49. The highest BCUT2D eigenvalue weighted by Gasteiger charge is 2.30. The van der Waals surface area contributed by atoms with Gasteiger partial charge in [0.1, 0.15) is 5.76 Å². The van der Waals surface area contributed by atoms with E-state index in [1.54, 1.807) is 4.90 Å². The number of urea groups is 1. The Kier molecular flexibility index (Phi) is 4.83. The maximum atomic E-state index is 12.4. The van der Waals surface area contributed by atoms with Gasteiger partial charge >= 0.3 is 6.03 Å². The average Bonchev–Trinajstić information content (AvgIpc) is 3.23. The van der Waals surface area contributed by atoms with E-state index < -0.39 is 0 Å². The Bertz CT molecular complexity index is 786. The molecule has 0 spiro atoms. The van der Waals surface area contributed by atoms with Crippen LogP contribution in [0.2, 0.25) is 0 Å². The lowest BCUT2D eigenvalue weighted by molar-refractivity contribution is -0.121. The van der Waals surface area contributed by atoms with Crippen LogP contribution in [-0.4, -0.2) is 36.5 Å². The van der Waals surface area contributed by atoms with Gasteiger partial charge in [0, 0.05) is 18.5 Å². The lowest BCUT2D eigenvalue weighted by Gasteiger charge is -2.19. The van der Waals surface area contributed by atoms with Crippen molar-refractivity contribution in [2.24, 2.45) is 11.7 Å². The lowest BCUT2D eigenvalue weighted by Crippen LogP contribution is -2.40. The second-order valence-corrected chi connectivity index (χ2v) is 6.26. The molecule has 2 aromatic rings. The number of nitrogens with zero attached hydrogens (tertiary/aromatic N) is 1. The van der Waals surface area contributed by atoms with Gasteiger partial charge < -0.3 is 25.1 Å². The van der Waals surface area contributed by atoms with E-state index in [0.717, 1.165) is 5.39 Å². The number of primary amides is 1. The van der Waals surface area contributed by atoms with Crippen molar-refractivity contribution in [3.63, 3.8) is 0 Å². The molecule has 7 heteroatoms. The van der Waals surface area contributed by atoms with Gasteiger partial charge in [-0.3, -0.25) is 4.79 Å². The first-order chi connectivity index (χ1) is 12.0. The van der Waals surface area contributed by atoms with E-state index in [-0.39, 0.29) is 23.9 Å². The van der Waals surface area contributed by atoms with Gasteiger partial charge in [-0.15, -0.1) is 0 Å². The summed E-state index contributed by atoms with van der Waals surface area (Å²) in [5, 5.41) is 3.84. The van der Waals surface area contributed by atoms with Gasteiger partial charge in [-0.25, -0.2) is 4.79 Å². The van der Waals surface area contributed by atoms with Crippen molar-refractivity contribution in [1.29, 1.82) is 0 Å². The Morgan fingerprint density at radius 3 is 2.96 bits per heavy atom. The molecule has 3 amide bonds. The summed E-state index contributed by atoms with van der Waals surface area (Å²) < 4.78 is 11.5. The number of rotatable bonds is 5. The van der Waals surface area contributed by atoms with Gasteiger partial charge in [0.05, 0.1) is 18.6 Å². The zero-order chi connectivity index (χ0) is 18.0. The van der Waals surface area contributed by atoms with Gasteiger partial charge in [-0.1, -0.05) is 12.1 Å².